The summed E-state index contributed by atoms with van der Waals surface area (Å²) in [5.74, 6) is 0.128. The summed E-state index contributed by atoms with van der Waals surface area (Å²) < 4.78 is 1.42. The molecular weight excluding hydrogens is 346 g/mol. The second-order valence-electron chi connectivity index (χ2n) is 5.95. The molecule has 1 aromatic carbocycles. The van der Waals surface area contributed by atoms with Crippen LogP contribution in [0.2, 0.25) is 0 Å². The normalized spacial score (nSPS) is 19.5. The highest BCUT2D eigenvalue weighted by Gasteiger charge is 2.33. The van der Waals surface area contributed by atoms with E-state index in [2.05, 4.69) is 5.10 Å². The van der Waals surface area contributed by atoms with Crippen molar-refractivity contribution in [3.63, 3.8) is 0 Å². The Balaban J connectivity index is 0.00000225. The van der Waals surface area contributed by atoms with Crippen molar-refractivity contribution in [3.05, 3.63) is 58.4 Å². The van der Waals surface area contributed by atoms with E-state index in [0.29, 0.717) is 19.6 Å². The number of nitrogens with zero attached hydrogens (tertiary/aromatic N) is 4. The molecule has 0 radical (unpaired) electrons. The molecule has 1 aliphatic rings. The average Bonchev–Trinajstić information content (AvgIpc) is 3.20. The van der Waals surface area contributed by atoms with Crippen molar-refractivity contribution in [1.82, 2.24) is 14.7 Å². The predicted octanol–water partition coefficient (Wildman–Crippen LogP) is 1.56. The number of halogens is 1. The Bertz CT molecular complexity index is 736. The molecule has 134 valence electrons. The number of amides is 1. The zero-order valence-electron chi connectivity index (χ0n) is 13.5. The number of nitrogens with two attached hydrogens (primary N) is 1. The van der Waals surface area contributed by atoms with E-state index >= 15 is 0 Å². The zero-order chi connectivity index (χ0) is 17.1. The second-order valence-corrected chi connectivity index (χ2v) is 5.95. The van der Waals surface area contributed by atoms with E-state index in [1.54, 1.807) is 4.90 Å². The van der Waals surface area contributed by atoms with Gasteiger partial charge in [-0.25, -0.2) is 0 Å². The van der Waals surface area contributed by atoms with Crippen molar-refractivity contribution < 1.29 is 9.72 Å². The molecule has 0 spiro atoms. The van der Waals surface area contributed by atoms with Gasteiger partial charge in [-0.1, -0.05) is 30.3 Å². The number of aryl methyl sites for hydroxylation is 1. The van der Waals surface area contributed by atoms with Crippen molar-refractivity contribution >= 4 is 24.0 Å². The summed E-state index contributed by atoms with van der Waals surface area (Å²) in [5.41, 5.74) is 7.26. The fourth-order valence-corrected chi connectivity index (χ4v) is 3.02. The van der Waals surface area contributed by atoms with E-state index in [1.807, 2.05) is 30.3 Å². The molecule has 1 saturated heterocycles. The third kappa shape index (κ3) is 4.34. The Labute approximate surface area is 151 Å². The Morgan fingerprint density at radius 3 is 2.68 bits per heavy atom. The van der Waals surface area contributed by atoms with Crippen LogP contribution in [0.15, 0.2) is 42.7 Å². The van der Waals surface area contributed by atoms with Crippen LogP contribution in [0.5, 0.6) is 0 Å². The van der Waals surface area contributed by atoms with Gasteiger partial charge in [0.05, 0.1) is 4.92 Å². The summed E-state index contributed by atoms with van der Waals surface area (Å²) in [5, 5.41) is 14.5. The maximum Gasteiger partial charge on any atom is 0.306 e. The van der Waals surface area contributed by atoms with Crippen LogP contribution < -0.4 is 5.73 Å². The average molecular weight is 366 g/mol. The molecule has 9 heteroatoms. The van der Waals surface area contributed by atoms with Crippen LogP contribution in [0.4, 0.5) is 5.69 Å². The maximum atomic E-state index is 12.4. The quantitative estimate of drug-likeness (QED) is 0.639. The molecule has 0 unspecified atom stereocenters. The number of likely N-dealkylation sites (tertiary alicyclic amines) is 1. The van der Waals surface area contributed by atoms with Gasteiger partial charge < -0.3 is 10.6 Å². The number of aromatic nitrogens is 2. The molecule has 1 aliphatic heterocycles. The van der Waals surface area contributed by atoms with Gasteiger partial charge in [-0.2, -0.15) is 5.10 Å². The van der Waals surface area contributed by atoms with Crippen LogP contribution in [0.25, 0.3) is 0 Å². The standard InChI is InChI=1S/C16H19N5O3.ClH/c17-15-11-19(10-14(15)12-4-2-1-3-5-12)16(22)6-7-20-9-13(8-18-20)21(23)24;/h1-5,8-9,14-15H,6-7,10-11,17H2;1H/t14-,15+;/m0./s1. The molecule has 3 rings (SSSR count). The minimum atomic E-state index is -0.505. The molecule has 2 N–H and O–H groups in total. The van der Waals surface area contributed by atoms with Crippen LogP contribution in [0.3, 0.4) is 0 Å². The molecule has 8 nitrogen and oxygen atoms in total. The van der Waals surface area contributed by atoms with Gasteiger partial charge in [0, 0.05) is 38.0 Å². The van der Waals surface area contributed by atoms with Gasteiger partial charge in [-0.3, -0.25) is 19.6 Å². The number of hydrogen-bond acceptors (Lipinski definition) is 5. The van der Waals surface area contributed by atoms with E-state index < -0.39 is 4.92 Å². The lowest BCUT2D eigenvalue weighted by atomic mass is 9.95. The number of rotatable bonds is 5. The highest BCUT2D eigenvalue weighted by Crippen LogP contribution is 2.26. The van der Waals surface area contributed by atoms with Crippen molar-refractivity contribution in [3.8, 4) is 0 Å². The van der Waals surface area contributed by atoms with Crippen LogP contribution in [-0.2, 0) is 11.3 Å². The molecular formula is C16H20ClN5O3. The second kappa shape index (κ2) is 8.09. The minimum Gasteiger partial charge on any atom is -0.340 e. The number of hydrogen-bond donors (Lipinski definition) is 1. The molecule has 2 heterocycles. The first kappa shape index (κ1) is 18.9. The monoisotopic (exact) mass is 365 g/mol. The molecule has 1 fully saturated rings. The number of carbonyl (C=O) groups excluding carboxylic acids is 1. The largest absolute Gasteiger partial charge is 0.340 e. The highest BCUT2D eigenvalue weighted by atomic mass is 35.5. The van der Waals surface area contributed by atoms with E-state index in [9.17, 15) is 14.9 Å². The molecule has 1 amide bonds. The smallest absolute Gasteiger partial charge is 0.306 e. The van der Waals surface area contributed by atoms with Crippen molar-refractivity contribution in [2.45, 2.75) is 24.9 Å². The third-order valence-corrected chi connectivity index (χ3v) is 4.33. The van der Waals surface area contributed by atoms with E-state index in [4.69, 9.17) is 5.73 Å². The molecule has 25 heavy (non-hydrogen) atoms. The summed E-state index contributed by atoms with van der Waals surface area (Å²) >= 11 is 0. The SMILES string of the molecule is Cl.N[C@@H]1CN(C(=O)CCn2cc([N+](=O)[O-])cn2)C[C@H]1c1ccccc1. The van der Waals surface area contributed by atoms with Gasteiger partial charge in [-0.05, 0) is 5.56 Å². The zero-order valence-corrected chi connectivity index (χ0v) is 14.3. The summed E-state index contributed by atoms with van der Waals surface area (Å²) in [6.45, 7) is 1.44. The van der Waals surface area contributed by atoms with Gasteiger partial charge >= 0.3 is 5.69 Å². The molecule has 0 aliphatic carbocycles. The van der Waals surface area contributed by atoms with Crippen LogP contribution in [-0.4, -0.2) is 44.6 Å². The van der Waals surface area contributed by atoms with E-state index in [0.717, 1.165) is 5.56 Å². The number of nitro groups is 1. The number of benzene rings is 1. The van der Waals surface area contributed by atoms with Gasteiger partial charge in [-0.15, -0.1) is 12.4 Å². The molecule has 2 aromatic rings. The summed E-state index contributed by atoms with van der Waals surface area (Å²) in [6.07, 6.45) is 2.75. The van der Waals surface area contributed by atoms with E-state index in [-0.39, 0.29) is 42.4 Å². The van der Waals surface area contributed by atoms with Crippen molar-refractivity contribution in [2.75, 3.05) is 13.1 Å². The third-order valence-electron chi connectivity index (χ3n) is 4.33. The van der Waals surface area contributed by atoms with E-state index in [1.165, 1.54) is 17.1 Å². The topological polar surface area (TPSA) is 107 Å². The first-order valence-electron chi connectivity index (χ1n) is 7.79. The summed E-state index contributed by atoms with van der Waals surface area (Å²) in [7, 11) is 0. The molecule has 1 aromatic heterocycles. The van der Waals surface area contributed by atoms with Crippen LogP contribution >= 0.6 is 12.4 Å². The number of carbonyl (C=O) groups is 1. The summed E-state index contributed by atoms with van der Waals surface area (Å²) in [6, 6.07) is 9.87. The van der Waals surface area contributed by atoms with Crippen LogP contribution in [0.1, 0.15) is 17.9 Å². The Kier molecular flexibility index (Phi) is 6.11. The fourth-order valence-electron chi connectivity index (χ4n) is 3.02. The van der Waals surface area contributed by atoms with Crippen molar-refractivity contribution in [1.29, 1.82) is 0 Å². The first-order chi connectivity index (χ1) is 11.5. The molecule has 0 bridgehead atoms. The molecule has 0 saturated carbocycles. The summed E-state index contributed by atoms with van der Waals surface area (Å²) in [4.78, 5) is 24.3. The van der Waals surface area contributed by atoms with Crippen LogP contribution in [0, 0.1) is 10.1 Å². The fraction of sp³-hybridized carbons (Fsp3) is 0.375. The lowest BCUT2D eigenvalue weighted by Gasteiger charge is -2.16. The predicted molar refractivity (Wildman–Crippen MR) is 94.5 cm³/mol. The first-order valence-corrected chi connectivity index (χ1v) is 7.79. The lowest BCUT2D eigenvalue weighted by molar-refractivity contribution is -0.385. The lowest BCUT2D eigenvalue weighted by Crippen LogP contribution is -2.32. The Morgan fingerprint density at radius 1 is 1.32 bits per heavy atom. The van der Waals surface area contributed by atoms with Gasteiger partial charge in [0.25, 0.3) is 0 Å². The Morgan fingerprint density at radius 2 is 2.04 bits per heavy atom. The Hall–Kier alpha value is -2.45. The van der Waals surface area contributed by atoms with Gasteiger partial charge in [0.2, 0.25) is 5.91 Å². The van der Waals surface area contributed by atoms with Crippen molar-refractivity contribution in [2.24, 2.45) is 5.73 Å². The highest BCUT2D eigenvalue weighted by molar-refractivity contribution is 5.85. The molecule has 2 atom stereocenters. The maximum absolute atomic E-state index is 12.4. The minimum absolute atomic E-state index is 0. The van der Waals surface area contributed by atoms with Gasteiger partial charge in [0.1, 0.15) is 12.4 Å². The van der Waals surface area contributed by atoms with Gasteiger partial charge in [0.15, 0.2) is 0 Å².